The van der Waals surface area contributed by atoms with Gasteiger partial charge in [0.05, 0.1) is 0 Å². The highest BCUT2D eigenvalue weighted by atomic mass is 35.5. The van der Waals surface area contributed by atoms with E-state index in [0.29, 0.717) is 5.92 Å². The zero-order chi connectivity index (χ0) is 8.69. The zero-order valence-electron chi connectivity index (χ0n) is 7.60. The van der Waals surface area contributed by atoms with E-state index >= 15 is 0 Å². The predicted molar refractivity (Wildman–Crippen MR) is 52.2 cm³/mol. The Labute approximate surface area is 74.8 Å². The first-order valence-electron chi connectivity index (χ1n) is 4.14. The minimum Gasteiger partial charge on any atom is -0.312 e. The molecule has 1 N–H and O–H groups in total. The van der Waals surface area contributed by atoms with Crippen LogP contribution in [0.15, 0.2) is 12.2 Å². The number of allylic oxidation sites excluding steroid dienone is 1. The van der Waals surface area contributed by atoms with Crippen LogP contribution in [0.5, 0.6) is 0 Å². The topological polar surface area (TPSA) is 12.0 Å². The highest BCUT2D eigenvalue weighted by Crippen LogP contribution is 2.07. The zero-order valence-corrected chi connectivity index (χ0v) is 8.36. The lowest BCUT2D eigenvalue weighted by Crippen LogP contribution is -2.26. The van der Waals surface area contributed by atoms with Crippen LogP contribution in [0, 0.1) is 5.92 Å². The van der Waals surface area contributed by atoms with Crippen LogP contribution in [-0.2, 0) is 0 Å². The third-order valence-corrected chi connectivity index (χ3v) is 2.22. The van der Waals surface area contributed by atoms with Crippen molar-refractivity contribution in [1.82, 2.24) is 5.32 Å². The second-order valence-corrected chi connectivity index (χ2v) is 3.55. The molecule has 2 heteroatoms. The quantitative estimate of drug-likeness (QED) is 0.385. The Hall–Kier alpha value is -0.0100. The summed E-state index contributed by atoms with van der Waals surface area (Å²) in [6.07, 6.45) is 4.12. The first-order chi connectivity index (χ1) is 5.18. The molecule has 0 fully saturated rings. The molecule has 0 radical (unpaired) electrons. The smallest absolute Gasteiger partial charge is 0.0483 e. The molecular weight excluding hydrogens is 158 g/mol. The van der Waals surface area contributed by atoms with Crippen LogP contribution in [0.3, 0.4) is 0 Å². The molecule has 0 aliphatic carbocycles. The Balaban J connectivity index is 3.24. The molecule has 0 amide bonds. The van der Waals surface area contributed by atoms with Crippen molar-refractivity contribution in [1.29, 1.82) is 0 Å². The molecule has 1 atom stereocenters. The first-order valence-corrected chi connectivity index (χ1v) is 4.58. The van der Waals surface area contributed by atoms with Gasteiger partial charge in [-0.3, -0.25) is 0 Å². The van der Waals surface area contributed by atoms with Crippen LogP contribution in [0.4, 0.5) is 0 Å². The van der Waals surface area contributed by atoms with E-state index in [1.54, 1.807) is 0 Å². The van der Waals surface area contributed by atoms with Gasteiger partial charge < -0.3 is 5.32 Å². The molecular formula is C9H18ClN. The normalized spacial score (nSPS) is 14.6. The van der Waals surface area contributed by atoms with Crippen molar-refractivity contribution in [3.63, 3.8) is 0 Å². The van der Waals surface area contributed by atoms with Crippen LogP contribution in [0.2, 0.25) is 0 Å². The molecule has 66 valence electrons. The SMILES string of the molecule is C/C=C/CNCC(Cl)C(C)C. The number of hydrogen-bond acceptors (Lipinski definition) is 1. The summed E-state index contributed by atoms with van der Waals surface area (Å²) in [7, 11) is 0. The van der Waals surface area contributed by atoms with Crippen molar-refractivity contribution in [2.24, 2.45) is 5.92 Å². The van der Waals surface area contributed by atoms with Gasteiger partial charge in [0.2, 0.25) is 0 Å². The van der Waals surface area contributed by atoms with E-state index in [9.17, 15) is 0 Å². The van der Waals surface area contributed by atoms with Gasteiger partial charge in [0.25, 0.3) is 0 Å². The van der Waals surface area contributed by atoms with Crippen LogP contribution in [-0.4, -0.2) is 18.5 Å². The molecule has 0 rings (SSSR count). The number of rotatable bonds is 5. The Morgan fingerprint density at radius 2 is 2.09 bits per heavy atom. The highest BCUT2D eigenvalue weighted by molar-refractivity contribution is 6.20. The summed E-state index contributed by atoms with van der Waals surface area (Å²) in [5.74, 6) is 0.551. The van der Waals surface area contributed by atoms with E-state index in [0.717, 1.165) is 13.1 Å². The first kappa shape index (κ1) is 11.0. The maximum atomic E-state index is 6.01. The Morgan fingerprint density at radius 3 is 2.55 bits per heavy atom. The molecule has 0 heterocycles. The molecule has 0 spiro atoms. The lowest BCUT2D eigenvalue weighted by molar-refractivity contribution is 0.561. The standard InChI is InChI=1S/C9H18ClN/c1-4-5-6-11-7-9(10)8(2)3/h4-5,8-9,11H,6-7H2,1-3H3/b5-4+. The van der Waals surface area contributed by atoms with E-state index in [4.69, 9.17) is 11.6 Å². The fraction of sp³-hybridized carbons (Fsp3) is 0.778. The molecule has 0 aliphatic rings. The molecule has 1 nitrogen and oxygen atoms in total. The summed E-state index contributed by atoms with van der Waals surface area (Å²) in [6.45, 7) is 8.10. The maximum absolute atomic E-state index is 6.01. The van der Waals surface area contributed by atoms with Crippen molar-refractivity contribution in [3.8, 4) is 0 Å². The molecule has 0 bridgehead atoms. The van der Waals surface area contributed by atoms with Crippen molar-refractivity contribution in [3.05, 3.63) is 12.2 Å². The minimum absolute atomic E-state index is 0.250. The largest absolute Gasteiger partial charge is 0.312 e. The van der Waals surface area contributed by atoms with Crippen molar-refractivity contribution >= 4 is 11.6 Å². The average Bonchev–Trinajstić information content (AvgIpc) is 1.97. The highest BCUT2D eigenvalue weighted by Gasteiger charge is 2.07. The van der Waals surface area contributed by atoms with Crippen molar-refractivity contribution < 1.29 is 0 Å². The summed E-state index contributed by atoms with van der Waals surface area (Å²) in [5, 5.41) is 3.50. The summed E-state index contributed by atoms with van der Waals surface area (Å²) in [5.41, 5.74) is 0. The second-order valence-electron chi connectivity index (χ2n) is 2.99. The maximum Gasteiger partial charge on any atom is 0.0483 e. The van der Waals surface area contributed by atoms with Gasteiger partial charge >= 0.3 is 0 Å². The van der Waals surface area contributed by atoms with Gasteiger partial charge in [-0.05, 0) is 12.8 Å². The summed E-state index contributed by atoms with van der Waals surface area (Å²) in [4.78, 5) is 0. The van der Waals surface area contributed by atoms with Gasteiger partial charge in [-0.25, -0.2) is 0 Å². The lowest BCUT2D eigenvalue weighted by atomic mass is 10.1. The average molecular weight is 176 g/mol. The number of nitrogens with one attached hydrogen (secondary N) is 1. The molecule has 0 aromatic rings. The Kier molecular flexibility index (Phi) is 6.68. The Morgan fingerprint density at radius 1 is 1.45 bits per heavy atom. The second kappa shape index (κ2) is 6.68. The number of halogens is 1. The lowest BCUT2D eigenvalue weighted by Gasteiger charge is -2.12. The molecule has 1 unspecified atom stereocenters. The van der Waals surface area contributed by atoms with Crippen LogP contribution >= 0.6 is 11.6 Å². The van der Waals surface area contributed by atoms with Gasteiger partial charge in [0, 0.05) is 18.5 Å². The van der Waals surface area contributed by atoms with Gasteiger partial charge in [-0.2, -0.15) is 0 Å². The fourth-order valence-electron chi connectivity index (χ4n) is 0.658. The van der Waals surface area contributed by atoms with E-state index in [1.165, 1.54) is 0 Å². The summed E-state index contributed by atoms with van der Waals surface area (Å²) >= 11 is 6.01. The van der Waals surface area contributed by atoms with E-state index < -0.39 is 0 Å². The van der Waals surface area contributed by atoms with Gasteiger partial charge in [0.1, 0.15) is 0 Å². The Bertz CT molecular complexity index is 110. The molecule has 0 aromatic heterocycles. The minimum atomic E-state index is 0.250. The predicted octanol–water partition coefficient (Wildman–Crippen LogP) is 2.42. The van der Waals surface area contributed by atoms with E-state index in [1.807, 2.05) is 13.0 Å². The molecule has 0 aromatic carbocycles. The summed E-state index contributed by atoms with van der Waals surface area (Å²) < 4.78 is 0. The monoisotopic (exact) mass is 175 g/mol. The van der Waals surface area contributed by atoms with Gasteiger partial charge in [0.15, 0.2) is 0 Å². The van der Waals surface area contributed by atoms with Crippen LogP contribution in [0.1, 0.15) is 20.8 Å². The number of hydrogen-bond donors (Lipinski definition) is 1. The fourth-order valence-corrected chi connectivity index (χ4v) is 0.767. The van der Waals surface area contributed by atoms with Crippen LogP contribution in [0.25, 0.3) is 0 Å². The van der Waals surface area contributed by atoms with Crippen molar-refractivity contribution in [2.75, 3.05) is 13.1 Å². The van der Waals surface area contributed by atoms with E-state index in [2.05, 4.69) is 25.2 Å². The van der Waals surface area contributed by atoms with Gasteiger partial charge in [-0.15, -0.1) is 11.6 Å². The summed E-state index contributed by atoms with van der Waals surface area (Å²) in [6, 6.07) is 0. The molecule has 0 saturated carbocycles. The molecule has 0 saturated heterocycles. The van der Waals surface area contributed by atoms with E-state index in [-0.39, 0.29) is 5.38 Å². The molecule has 11 heavy (non-hydrogen) atoms. The number of alkyl halides is 1. The van der Waals surface area contributed by atoms with Gasteiger partial charge in [-0.1, -0.05) is 26.0 Å². The van der Waals surface area contributed by atoms with Crippen molar-refractivity contribution in [2.45, 2.75) is 26.1 Å². The van der Waals surface area contributed by atoms with Crippen LogP contribution < -0.4 is 5.32 Å². The third-order valence-electron chi connectivity index (χ3n) is 1.56. The third kappa shape index (κ3) is 6.39. The molecule has 0 aliphatic heterocycles.